The molecule has 1 aliphatic rings. The molecule has 1 saturated heterocycles. The lowest BCUT2D eigenvalue weighted by Crippen LogP contribution is -2.44. The highest BCUT2D eigenvalue weighted by Crippen LogP contribution is 2.11. The van der Waals surface area contributed by atoms with E-state index in [1.165, 1.54) is 0 Å². The first-order chi connectivity index (χ1) is 8.70. The van der Waals surface area contributed by atoms with Crippen LogP contribution in [0.2, 0.25) is 0 Å². The normalized spacial score (nSPS) is 18.6. The van der Waals surface area contributed by atoms with Crippen LogP contribution < -0.4 is 0 Å². The number of fused-ring (bicyclic) bond motifs is 1. The molecule has 0 N–H and O–H groups in total. The Morgan fingerprint density at radius 1 is 1.22 bits per heavy atom. The number of hydrogen-bond acceptors (Lipinski definition) is 4. The Bertz CT molecular complexity index is 544. The lowest BCUT2D eigenvalue weighted by Gasteiger charge is -2.31. The van der Waals surface area contributed by atoms with E-state index in [-0.39, 0.29) is 0 Å². The van der Waals surface area contributed by atoms with Crippen molar-refractivity contribution in [3.8, 4) is 0 Å². The van der Waals surface area contributed by atoms with Crippen molar-refractivity contribution in [2.75, 3.05) is 33.2 Å². The first-order valence-electron chi connectivity index (χ1n) is 6.12. The van der Waals surface area contributed by atoms with Gasteiger partial charge in [0.05, 0.1) is 6.54 Å². The number of aromatic nitrogens is 3. The Labute approximate surface area is 115 Å². The largest absolute Gasteiger partial charge is 0.304 e. The smallest absolute Gasteiger partial charge is 0.165 e. The van der Waals surface area contributed by atoms with Crippen LogP contribution in [0.1, 0.15) is 5.82 Å². The lowest BCUT2D eigenvalue weighted by atomic mass is 10.3. The molecule has 96 valence electrons. The van der Waals surface area contributed by atoms with E-state index >= 15 is 0 Å². The van der Waals surface area contributed by atoms with Gasteiger partial charge in [0.15, 0.2) is 11.5 Å². The van der Waals surface area contributed by atoms with Crippen LogP contribution in [-0.4, -0.2) is 57.6 Å². The van der Waals surface area contributed by atoms with Gasteiger partial charge in [-0.15, -0.1) is 5.10 Å². The number of halogens is 1. The molecule has 0 atom stereocenters. The minimum absolute atomic E-state index is 0.840. The molecule has 0 aromatic carbocycles. The van der Waals surface area contributed by atoms with Crippen molar-refractivity contribution in [3.05, 3.63) is 28.6 Å². The van der Waals surface area contributed by atoms with Gasteiger partial charge in [-0.1, -0.05) is 0 Å². The molecule has 0 bridgehead atoms. The van der Waals surface area contributed by atoms with E-state index in [2.05, 4.69) is 42.9 Å². The summed E-state index contributed by atoms with van der Waals surface area (Å²) in [5, 5.41) is 4.51. The van der Waals surface area contributed by atoms with Gasteiger partial charge < -0.3 is 4.90 Å². The zero-order valence-electron chi connectivity index (χ0n) is 10.4. The summed E-state index contributed by atoms with van der Waals surface area (Å²) in [6.07, 6.45) is 1.94. The molecule has 0 spiro atoms. The fourth-order valence-corrected chi connectivity index (χ4v) is 2.50. The predicted molar refractivity (Wildman–Crippen MR) is 73.5 cm³/mol. The zero-order chi connectivity index (χ0) is 12.5. The van der Waals surface area contributed by atoms with Crippen LogP contribution in [0.4, 0.5) is 0 Å². The van der Waals surface area contributed by atoms with Gasteiger partial charge in [-0.2, -0.15) is 0 Å². The summed E-state index contributed by atoms with van der Waals surface area (Å²) in [5.41, 5.74) is 0.905. The van der Waals surface area contributed by atoms with Gasteiger partial charge >= 0.3 is 0 Å². The van der Waals surface area contributed by atoms with Crippen LogP contribution in [0.5, 0.6) is 0 Å². The fourth-order valence-electron chi connectivity index (χ4n) is 2.18. The molecule has 6 heteroatoms. The second-order valence-electron chi connectivity index (χ2n) is 4.76. The minimum atomic E-state index is 0.840. The van der Waals surface area contributed by atoms with Crippen molar-refractivity contribution < 1.29 is 0 Å². The van der Waals surface area contributed by atoms with E-state index in [0.29, 0.717) is 0 Å². The summed E-state index contributed by atoms with van der Waals surface area (Å²) in [4.78, 5) is 9.30. The van der Waals surface area contributed by atoms with Crippen molar-refractivity contribution in [1.82, 2.24) is 24.4 Å². The Kier molecular flexibility index (Phi) is 3.32. The van der Waals surface area contributed by atoms with E-state index in [0.717, 1.165) is 48.7 Å². The highest BCUT2D eigenvalue weighted by Gasteiger charge is 2.15. The van der Waals surface area contributed by atoms with Gasteiger partial charge in [-0.25, -0.2) is 9.50 Å². The van der Waals surface area contributed by atoms with Crippen molar-refractivity contribution >= 4 is 21.6 Å². The van der Waals surface area contributed by atoms with Crippen molar-refractivity contribution in [2.24, 2.45) is 0 Å². The standard InChI is InChI=1S/C12H16BrN5/c1-16-4-6-17(7-5-16)9-11-14-12-3-2-10(13)8-18(12)15-11/h2-3,8H,4-7,9H2,1H3. The van der Waals surface area contributed by atoms with Crippen molar-refractivity contribution in [2.45, 2.75) is 6.54 Å². The molecule has 0 aliphatic carbocycles. The van der Waals surface area contributed by atoms with Crippen molar-refractivity contribution in [1.29, 1.82) is 0 Å². The summed E-state index contributed by atoms with van der Waals surface area (Å²) >= 11 is 3.44. The molecule has 0 unspecified atom stereocenters. The summed E-state index contributed by atoms with van der Waals surface area (Å²) in [6, 6.07) is 3.97. The van der Waals surface area contributed by atoms with E-state index in [1.54, 1.807) is 0 Å². The summed E-state index contributed by atoms with van der Waals surface area (Å²) in [7, 11) is 2.16. The summed E-state index contributed by atoms with van der Waals surface area (Å²) in [5.74, 6) is 0.901. The summed E-state index contributed by atoms with van der Waals surface area (Å²) in [6.45, 7) is 5.27. The maximum atomic E-state index is 4.54. The second kappa shape index (κ2) is 4.95. The third-order valence-corrected chi connectivity index (χ3v) is 3.77. The number of likely N-dealkylation sites (N-methyl/N-ethyl adjacent to an activating group) is 1. The van der Waals surface area contributed by atoms with Gasteiger partial charge in [0.25, 0.3) is 0 Å². The lowest BCUT2D eigenvalue weighted by molar-refractivity contribution is 0.145. The number of piperazine rings is 1. The van der Waals surface area contributed by atoms with Crippen LogP contribution in [0.25, 0.3) is 5.65 Å². The Morgan fingerprint density at radius 3 is 2.78 bits per heavy atom. The molecule has 3 rings (SSSR count). The summed E-state index contributed by atoms with van der Waals surface area (Å²) < 4.78 is 2.85. The number of nitrogens with zero attached hydrogens (tertiary/aromatic N) is 5. The van der Waals surface area contributed by atoms with Gasteiger partial charge in [-0.3, -0.25) is 4.90 Å². The molecular weight excluding hydrogens is 294 g/mol. The third-order valence-electron chi connectivity index (χ3n) is 3.30. The SMILES string of the molecule is CN1CCN(Cc2nc3ccc(Br)cn3n2)CC1. The molecule has 0 amide bonds. The van der Waals surface area contributed by atoms with Gasteiger partial charge in [0, 0.05) is 36.8 Å². The average molecular weight is 310 g/mol. The molecule has 0 radical (unpaired) electrons. The van der Waals surface area contributed by atoms with Crippen LogP contribution in [-0.2, 0) is 6.54 Å². The average Bonchev–Trinajstić information content (AvgIpc) is 2.73. The van der Waals surface area contributed by atoms with Crippen LogP contribution in [0.3, 0.4) is 0 Å². The van der Waals surface area contributed by atoms with Gasteiger partial charge in [0.2, 0.25) is 0 Å². The molecule has 2 aromatic heterocycles. The first-order valence-corrected chi connectivity index (χ1v) is 6.92. The Hall–Kier alpha value is -0.980. The quantitative estimate of drug-likeness (QED) is 0.836. The topological polar surface area (TPSA) is 36.7 Å². The van der Waals surface area contributed by atoms with Crippen molar-refractivity contribution in [3.63, 3.8) is 0 Å². The highest BCUT2D eigenvalue weighted by atomic mass is 79.9. The molecule has 3 heterocycles. The van der Waals surface area contributed by atoms with Gasteiger partial charge in [0.1, 0.15) is 0 Å². The maximum Gasteiger partial charge on any atom is 0.165 e. The maximum absolute atomic E-state index is 4.54. The monoisotopic (exact) mass is 309 g/mol. The Balaban J connectivity index is 1.74. The van der Waals surface area contributed by atoms with E-state index in [9.17, 15) is 0 Å². The molecular formula is C12H16BrN5. The van der Waals surface area contributed by atoms with Crippen LogP contribution in [0, 0.1) is 0 Å². The minimum Gasteiger partial charge on any atom is -0.304 e. The predicted octanol–water partition coefficient (Wildman–Crippen LogP) is 1.24. The fraction of sp³-hybridized carbons (Fsp3) is 0.500. The zero-order valence-corrected chi connectivity index (χ0v) is 12.0. The Morgan fingerprint density at radius 2 is 2.00 bits per heavy atom. The second-order valence-corrected chi connectivity index (χ2v) is 5.67. The number of pyridine rings is 1. The molecule has 1 fully saturated rings. The van der Waals surface area contributed by atoms with E-state index < -0.39 is 0 Å². The van der Waals surface area contributed by atoms with E-state index in [4.69, 9.17) is 0 Å². The molecule has 1 aliphatic heterocycles. The van der Waals surface area contributed by atoms with Crippen LogP contribution >= 0.6 is 15.9 Å². The first kappa shape index (κ1) is 12.1. The highest BCUT2D eigenvalue weighted by molar-refractivity contribution is 9.10. The molecule has 18 heavy (non-hydrogen) atoms. The molecule has 2 aromatic rings. The number of hydrogen-bond donors (Lipinski definition) is 0. The third kappa shape index (κ3) is 2.55. The molecule has 0 saturated carbocycles. The molecule has 5 nitrogen and oxygen atoms in total. The van der Waals surface area contributed by atoms with Crippen LogP contribution in [0.15, 0.2) is 22.8 Å². The van der Waals surface area contributed by atoms with E-state index in [1.807, 2.05) is 22.8 Å². The number of rotatable bonds is 2. The van der Waals surface area contributed by atoms with Gasteiger partial charge in [-0.05, 0) is 35.1 Å².